The molecule has 0 aliphatic carbocycles. The number of imidazole rings is 1. The number of aromatic nitrogens is 4. The van der Waals surface area contributed by atoms with Gasteiger partial charge in [0.15, 0.2) is 28.9 Å². The van der Waals surface area contributed by atoms with Gasteiger partial charge in [-0.15, -0.1) is 0 Å². The second kappa shape index (κ2) is 12.5. The van der Waals surface area contributed by atoms with E-state index >= 15 is 0 Å². The number of rotatable bonds is 5. The molecule has 2 aliphatic heterocycles. The number of aliphatic carboxylic acids is 1. The van der Waals surface area contributed by atoms with E-state index in [0.29, 0.717) is 11.8 Å². The molecular formula is C30H25F8N7O5. The number of carbonyl (C=O) groups excluding carboxylic acids is 2. The third-order valence-electron chi connectivity index (χ3n) is 7.94. The van der Waals surface area contributed by atoms with Crippen molar-refractivity contribution in [2.75, 3.05) is 18.4 Å². The van der Waals surface area contributed by atoms with Crippen LogP contribution in [0, 0.1) is 24.4 Å². The van der Waals surface area contributed by atoms with Gasteiger partial charge in [-0.25, -0.2) is 41.7 Å². The predicted molar refractivity (Wildman–Crippen MR) is 156 cm³/mol. The topological polar surface area (TPSA) is 165 Å². The normalized spacial score (nSPS) is 17.6. The third-order valence-corrected chi connectivity index (χ3v) is 7.94. The number of pyridine rings is 1. The van der Waals surface area contributed by atoms with Crippen molar-refractivity contribution in [3.8, 4) is 17.3 Å². The van der Waals surface area contributed by atoms with Crippen molar-refractivity contribution in [2.45, 2.75) is 50.9 Å². The zero-order chi connectivity index (χ0) is 37.1. The van der Waals surface area contributed by atoms with Crippen LogP contribution in [0.1, 0.15) is 41.2 Å². The number of amides is 2. The van der Waals surface area contributed by atoms with Crippen LogP contribution in [-0.2, 0) is 21.6 Å². The fourth-order valence-corrected chi connectivity index (χ4v) is 5.28. The molecule has 6 rings (SSSR count). The Morgan fingerprint density at radius 1 is 1.10 bits per heavy atom. The minimum atomic E-state index is -5.08. The zero-order valence-electron chi connectivity index (χ0n) is 26.0. The van der Waals surface area contributed by atoms with Crippen molar-refractivity contribution in [3.63, 3.8) is 0 Å². The second-order valence-corrected chi connectivity index (χ2v) is 11.8. The molecule has 0 bridgehead atoms. The van der Waals surface area contributed by atoms with Gasteiger partial charge in [0.05, 0.1) is 29.3 Å². The summed E-state index contributed by atoms with van der Waals surface area (Å²) in [7, 11) is 0. The van der Waals surface area contributed by atoms with Gasteiger partial charge in [0.25, 0.3) is 11.8 Å². The van der Waals surface area contributed by atoms with Gasteiger partial charge in [0, 0.05) is 18.3 Å². The fraction of sp³-hybridized carbons (Fsp3) is 0.333. The number of carbonyl (C=O) groups is 3. The molecule has 1 unspecified atom stereocenters. The number of likely N-dealkylation sites (tertiary alicyclic amines) is 1. The molecule has 0 radical (unpaired) electrons. The number of carboxylic acid groups (broad SMARTS) is 1. The summed E-state index contributed by atoms with van der Waals surface area (Å²) in [4.78, 5) is 49.7. The van der Waals surface area contributed by atoms with Crippen LogP contribution in [-0.4, -0.2) is 78.4 Å². The highest BCUT2D eigenvalue weighted by atomic mass is 19.4. The number of nitrogens with two attached hydrogens (primary N) is 1. The van der Waals surface area contributed by atoms with Crippen LogP contribution < -0.4 is 15.8 Å². The molecule has 4 N–H and O–H groups in total. The zero-order valence-corrected chi connectivity index (χ0v) is 26.0. The number of nitrogens with one attached hydrogen (secondary N) is 1. The van der Waals surface area contributed by atoms with Gasteiger partial charge in [-0.3, -0.25) is 14.0 Å². The summed E-state index contributed by atoms with van der Waals surface area (Å²) >= 11 is 0. The number of halogens is 8. The van der Waals surface area contributed by atoms with E-state index in [1.807, 2.05) is 0 Å². The van der Waals surface area contributed by atoms with Gasteiger partial charge in [0.1, 0.15) is 29.6 Å². The van der Waals surface area contributed by atoms with Crippen molar-refractivity contribution in [1.29, 1.82) is 0 Å². The molecule has 1 saturated heterocycles. The molecule has 1 atom stereocenters. The SMILES string of the molecule is Cc1nc2c(OCc3c(F)ccc(F)c3F)cccn2c1-c1nc2c(c(C(=O)N3CC(N)C(F)(F)C3)n1)C(C)(C)C(=O)N2.O=C(O)C(F)(F)F. The molecule has 266 valence electrons. The first kappa shape index (κ1) is 35.9. The number of aryl methyl sites for hydroxylation is 1. The van der Waals surface area contributed by atoms with Crippen molar-refractivity contribution in [2.24, 2.45) is 5.73 Å². The van der Waals surface area contributed by atoms with Crippen molar-refractivity contribution >= 4 is 29.2 Å². The van der Waals surface area contributed by atoms with Crippen molar-refractivity contribution < 1.29 is 59.4 Å². The lowest BCUT2D eigenvalue weighted by Gasteiger charge is -2.21. The van der Waals surface area contributed by atoms with E-state index < -0.39 is 84.1 Å². The minimum Gasteiger partial charge on any atom is -0.485 e. The first-order valence-electron chi connectivity index (χ1n) is 14.3. The van der Waals surface area contributed by atoms with E-state index in [1.54, 1.807) is 33.0 Å². The van der Waals surface area contributed by atoms with Gasteiger partial charge < -0.3 is 25.8 Å². The largest absolute Gasteiger partial charge is 0.490 e. The number of carboxylic acids is 1. The molecule has 2 amide bonds. The van der Waals surface area contributed by atoms with E-state index in [2.05, 4.69) is 20.3 Å². The Bertz CT molecular complexity index is 2050. The minimum absolute atomic E-state index is 0.0393. The number of ether oxygens (including phenoxy) is 1. The number of hydrogen-bond acceptors (Lipinski definition) is 8. The Labute approximate surface area is 275 Å². The fourth-order valence-electron chi connectivity index (χ4n) is 5.28. The van der Waals surface area contributed by atoms with Crippen LogP contribution in [0.3, 0.4) is 0 Å². The average molecular weight is 716 g/mol. The molecule has 50 heavy (non-hydrogen) atoms. The highest BCUT2D eigenvalue weighted by Gasteiger charge is 2.50. The summed E-state index contributed by atoms with van der Waals surface area (Å²) in [5.41, 5.74) is 4.41. The van der Waals surface area contributed by atoms with Gasteiger partial charge >= 0.3 is 12.1 Å². The molecule has 1 aromatic carbocycles. The number of benzene rings is 1. The lowest BCUT2D eigenvalue weighted by atomic mass is 9.85. The molecule has 20 heteroatoms. The predicted octanol–water partition coefficient (Wildman–Crippen LogP) is 4.38. The highest BCUT2D eigenvalue weighted by Crippen LogP contribution is 2.41. The van der Waals surface area contributed by atoms with Crippen molar-refractivity contribution in [3.05, 3.63) is 70.4 Å². The van der Waals surface area contributed by atoms with Crippen LogP contribution in [0.15, 0.2) is 30.5 Å². The van der Waals surface area contributed by atoms with E-state index in [9.17, 15) is 44.7 Å². The van der Waals surface area contributed by atoms with Crippen LogP contribution in [0.4, 0.5) is 40.9 Å². The molecule has 3 aromatic heterocycles. The molecule has 2 aliphatic rings. The third kappa shape index (κ3) is 6.37. The monoisotopic (exact) mass is 715 g/mol. The molecule has 0 saturated carbocycles. The molecule has 12 nitrogen and oxygen atoms in total. The average Bonchev–Trinajstić information content (AvgIpc) is 3.59. The maximum absolute atomic E-state index is 14.3. The van der Waals surface area contributed by atoms with Gasteiger partial charge in [-0.05, 0) is 45.0 Å². The van der Waals surface area contributed by atoms with E-state index in [-0.39, 0.29) is 40.0 Å². The molecule has 5 heterocycles. The Morgan fingerprint density at radius 2 is 1.74 bits per heavy atom. The van der Waals surface area contributed by atoms with E-state index in [1.165, 1.54) is 10.5 Å². The summed E-state index contributed by atoms with van der Waals surface area (Å²) < 4.78 is 109. The van der Waals surface area contributed by atoms with Gasteiger partial charge in [-0.2, -0.15) is 13.2 Å². The highest BCUT2D eigenvalue weighted by molar-refractivity contribution is 6.09. The first-order valence-corrected chi connectivity index (χ1v) is 14.3. The van der Waals surface area contributed by atoms with E-state index in [4.69, 9.17) is 20.4 Å². The number of hydrogen-bond donors (Lipinski definition) is 3. The first-order chi connectivity index (χ1) is 23.1. The summed E-state index contributed by atoms with van der Waals surface area (Å²) in [6.45, 7) is 2.76. The van der Waals surface area contributed by atoms with Crippen LogP contribution in [0.2, 0.25) is 0 Å². The lowest BCUT2D eigenvalue weighted by Crippen LogP contribution is -2.38. The number of alkyl halides is 5. The lowest BCUT2D eigenvalue weighted by molar-refractivity contribution is -0.192. The van der Waals surface area contributed by atoms with Gasteiger partial charge in [-0.1, -0.05) is 0 Å². The second-order valence-electron chi connectivity index (χ2n) is 11.8. The molecule has 1 fully saturated rings. The maximum Gasteiger partial charge on any atom is 0.490 e. The summed E-state index contributed by atoms with van der Waals surface area (Å²) in [5, 5.41) is 9.77. The molecule has 4 aromatic rings. The number of fused-ring (bicyclic) bond motifs is 2. The van der Waals surface area contributed by atoms with Crippen molar-refractivity contribution in [1.82, 2.24) is 24.3 Å². The Hall–Kier alpha value is -5.40. The summed E-state index contributed by atoms with van der Waals surface area (Å²) in [5.74, 6) is -10.9. The Morgan fingerprint density at radius 3 is 2.34 bits per heavy atom. The van der Waals surface area contributed by atoms with E-state index in [0.717, 1.165) is 11.0 Å². The van der Waals surface area contributed by atoms with Crippen LogP contribution in [0.5, 0.6) is 5.75 Å². The van der Waals surface area contributed by atoms with Crippen LogP contribution in [0.25, 0.3) is 17.2 Å². The Balaban J connectivity index is 0.000000630. The Kier molecular flexibility index (Phi) is 8.96. The van der Waals surface area contributed by atoms with Crippen LogP contribution >= 0.6 is 0 Å². The summed E-state index contributed by atoms with van der Waals surface area (Å²) in [6, 6.07) is 2.92. The number of anilines is 1. The number of nitrogens with zero attached hydrogens (tertiary/aromatic N) is 5. The summed E-state index contributed by atoms with van der Waals surface area (Å²) in [6.07, 6.45) is -3.51. The van der Waals surface area contributed by atoms with Gasteiger partial charge in [0.2, 0.25) is 5.91 Å². The smallest absolute Gasteiger partial charge is 0.485 e. The molecule has 0 spiro atoms. The maximum atomic E-state index is 14.3. The standard InChI is InChI=1S/C28H24F5N7O3.C2HF3O2/c1-12-21(40-8-4-5-16(24(40)35-12)43-10-13-14(29)6-7-15(30)19(13)31)23-36-20(18-22(37-23)38-26(42)27(18,2)3)25(41)39-9-17(34)28(32,33)11-39;3-2(4,5)1(6)7/h4-8,17H,9-11,34H2,1-3H3,(H,36,37,38,42);(H,6,7). The molecular weight excluding hydrogens is 690 g/mol. The quantitative estimate of drug-likeness (QED) is 0.201.